The molecule has 0 spiro atoms. The van der Waals surface area contributed by atoms with Gasteiger partial charge < -0.3 is 36.4 Å². The fourth-order valence-corrected chi connectivity index (χ4v) is 5.38. The second kappa shape index (κ2) is 16.9. The van der Waals surface area contributed by atoms with Crippen LogP contribution in [0.1, 0.15) is 58.4 Å². The molecule has 1 aromatic carbocycles. The van der Waals surface area contributed by atoms with Crippen LogP contribution in [0.4, 0.5) is 0 Å². The number of nitrogens with one attached hydrogen (secondary N) is 4. The Bertz CT molecular complexity index is 1280. The van der Waals surface area contributed by atoms with Crippen LogP contribution >= 0.6 is 7.82 Å². The molecular weight excluding hydrogens is 611 g/mol. The van der Waals surface area contributed by atoms with E-state index in [4.69, 9.17) is 15.5 Å². The van der Waals surface area contributed by atoms with Gasteiger partial charge in [0.1, 0.15) is 29.9 Å². The molecule has 1 saturated heterocycles. The topological polar surface area (TPSA) is 247 Å². The number of carbonyl (C=O) groups is 6. The summed E-state index contributed by atoms with van der Waals surface area (Å²) in [6.07, 6.45) is 0.911. The molecule has 1 heterocycles. The standard InChI is InChI=1S/C28H43N6O10P/c1-16(2)14-22(28(40)34-13-5-6-23(34)27(39)32-20(25(37)30-4)11-12-24(29)36)33-26(38)21(31-17(3)35)15-18-7-9-19(10-8-18)44-45(41,42)43/h7-10,16,20-23H,5-6,11-15H2,1-4H3,(H2,29,36)(H,30,37)(H,31,35)(H,32,39)(H,33,38)(H2,41,42,43)/t20-,21-,22-,23-/m0/s1. The zero-order valence-electron chi connectivity index (χ0n) is 25.8. The van der Waals surface area contributed by atoms with Crippen molar-refractivity contribution in [3.63, 3.8) is 0 Å². The summed E-state index contributed by atoms with van der Waals surface area (Å²) in [4.78, 5) is 95.4. The van der Waals surface area contributed by atoms with Crippen molar-refractivity contribution in [3.05, 3.63) is 29.8 Å². The van der Waals surface area contributed by atoms with E-state index in [1.807, 2.05) is 13.8 Å². The minimum absolute atomic E-state index is 0.00881. The lowest BCUT2D eigenvalue weighted by molar-refractivity contribution is -0.142. The Hall–Kier alpha value is -4.01. The molecule has 4 atom stereocenters. The van der Waals surface area contributed by atoms with E-state index in [9.17, 15) is 33.3 Å². The van der Waals surface area contributed by atoms with Gasteiger partial charge in [-0.2, -0.15) is 0 Å². The minimum atomic E-state index is -4.76. The number of carbonyl (C=O) groups excluding carboxylic acids is 6. The molecule has 1 aliphatic heterocycles. The summed E-state index contributed by atoms with van der Waals surface area (Å²) in [5.74, 6) is -3.49. The highest BCUT2D eigenvalue weighted by molar-refractivity contribution is 7.46. The first-order valence-corrected chi connectivity index (χ1v) is 16.1. The number of rotatable bonds is 16. The third-order valence-electron chi connectivity index (χ3n) is 7.00. The maximum Gasteiger partial charge on any atom is 0.524 e. The molecule has 0 saturated carbocycles. The molecular formula is C28H43N6O10P. The van der Waals surface area contributed by atoms with Gasteiger partial charge in [0.25, 0.3) is 0 Å². The second-order valence-corrected chi connectivity index (χ2v) is 12.4. The smallest absolute Gasteiger partial charge is 0.404 e. The van der Waals surface area contributed by atoms with E-state index in [1.165, 1.54) is 43.1 Å². The van der Waals surface area contributed by atoms with Gasteiger partial charge in [-0.1, -0.05) is 26.0 Å². The molecule has 16 nitrogen and oxygen atoms in total. The van der Waals surface area contributed by atoms with E-state index in [-0.39, 0.29) is 43.9 Å². The molecule has 2 rings (SSSR count). The number of benzene rings is 1. The summed E-state index contributed by atoms with van der Waals surface area (Å²) in [7, 11) is -3.37. The predicted molar refractivity (Wildman–Crippen MR) is 161 cm³/mol. The van der Waals surface area contributed by atoms with Gasteiger partial charge in [0.15, 0.2) is 0 Å². The number of nitrogens with zero attached hydrogens (tertiary/aromatic N) is 1. The van der Waals surface area contributed by atoms with Gasteiger partial charge in [0.05, 0.1) is 0 Å². The van der Waals surface area contributed by atoms with Gasteiger partial charge in [0, 0.05) is 33.4 Å². The van der Waals surface area contributed by atoms with Gasteiger partial charge in [0.2, 0.25) is 35.4 Å². The van der Waals surface area contributed by atoms with Gasteiger partial charge in [-0.25, -0.2) is 4.57 Å². The zero-order valence-corrected chi connectivity index (χ0v) is 26.7. The first-order valence-electron chi connectivity index (χ1n) is 14.5. The van der Waals surface area contributed by atoms with E-state index >= 15 is 0 Å². The first kappa shape index (κ1) is 37.2. The molecule has 0 unspecified atom stereocenters. The molecule has 1 fully saturated rings. The largest absolute Gasteiger partial charge is 0.524 e. The van der Waals surface area contributed by atoms with Gasteiger partial charge in [-0.3, -0.25) is 38.6 Å². The summed E-state index contributed by atoms with van der Waals surface area (Å²) >= 11 is 0. The van der Waals surface area contributed by atoms with Crippen LogP contribution in [0.15, 0.2) is 24.3 Å². The molecule has 0 aliphatic carbocycles. The van der Waals surface area contributed by atoms with Gasteiger partial charge >= 0.3 is 7.82 Å². The SMILES string of the molecule is CNC(=O)[C@H](CCC(N)=O)NC(=O)[C@@H]1CCCN1C(=O)[C@H](CC(C)C)NC(=O)[C@H](Cc1ccc(OP(=O)(O)O)cc1)NC(C)=O. The zero-order chi connectivity index (χ0) is 33.9. The highest BCUT2D eigenvalue weighted by Crippen LogP contribution is 2.37. The van der Waals surface area contributed by atoms with Crippen molar-refractivity contribution < 1.29 is 47.6 Å². The molecule has 0 aromatic heterocycles. The molecule has 1 aromatic rings. The molecule has 0 radical (unpaired) electrons. The van der Waals surface area contributed by atoms with Gasteiger partial charge in [-0.15, -0.1) is 0 Å². The molecule has 0 bridgehead atoms. The Morgan fingerprint density at radius 1 is 1.00 bits per heavy atom. The lowest BCUT2D eigenvalue weighted by atomic mass is 10.00. The number of nitrogens with two attached hydrogens (primary N) is 1. The Morgan fingerprint density at radius 2 is 1.64 bits per heavy atom. The number of hydrogen-bond acceptors (Lipinski definition) is 8. The van der Waals surface area contributed by atoms with Crippen LogP contribution < -0.4 is 31.5 Å². The van der Waals surface area contributed by atoms with Gasteiger partial charge in [-0.05, 0) is 49.3 Å². The van der Waals surface area contributed by atoms with Crippen molar-refractivity contribution in [1.29, 1.82) is 0 Å². The van der Waals surface area contributed by atoms with Crippen LogP contribution in [0.3, 0.4) is 0 Å². The lowest BCUT2D eigenvalue weighted by Gasteiger charge is -2.31. The molecule has 1 aliphatic rings. The average Bonchev–Trinajstić information content (AvgIpc) is 3.43. The first-order chi connectivity index (χ1) is 21.0. The molecule has 45 heavy (non-hydrogen) atoms. The Morgan fingerprint density at radius 3 is 2.18 bits per heavy atom. The Labute approximate surface area is 261 Å². The van der Waals surface area contributed by atoms with Crippen LogP contribution in [0.25, 0.3) is 0 Å². The molecule has 8 N–H and O–H groups in total. The minimum Gasteiger partial charge on any atom is -0.404 e. The Kier molecular flexibility index (Phi) is 14.0. The fraction of sp³-hybridized carbons (Fsp3) is 0.571. The van der Waals surface area contributed by atoms with Crippen molar-refractivity contribution in [1.82, 2.24) is 26.2 Å². The summed E-state index contributed by atoms with van der Waals surface area (Å²) in [6.45, 7) is 5.20. The number of phosphoric acid groups is 1. The highest BCUT2D eigenvalue weighted by Gasteiger charge is 2.39. The molecule has 6 amide bonds. The number of likely N-dealkylation sites (N-methyl/N-ethyl adjacent to an activating group) is 1. The number of primary amides is 1. The monoisotopic (exact) mass is 654 g/mol. The summed E-state index contributed by atoms with van der Waals surface area (Å²) in [6, 6.07) is 1.49. The number of phosphoric ester groups is 1. The fourth-order valence-electron chi connectivity index (χ4n) is 4.98. The van der Waals surface area contributed by atoms with Crippen molar-refractivity contribution in [2.45, 2.75) is 83.5 Å². The molecule has 250 valence electrons. The summed E-state index contributed by atoms with van der Waals surface area (Å²) in [5, 5.41) is 10.3. The second-order valence-electron chi connectivity index (χ2n) is 11.2. The maximum atomic E-state index is 13.8. The highest BCUT2D eigenvalue weighted by atomic mass is 31.2. The lowest BCUT2D eigenvalue weighted by Crippen LogP contribution is -2.58. The Balaban J connectivity index is 2.21. The van der Waals surface area contributed by atoms with Crippen LogP contribution in [0.2, 0.25) is 0 Å². The average molecular weight is 655 g/mol. The van der Waals surface area contributed by atoms with Crippen LogP contribution in [-0.2, 0) is 39.8 Å². The molecule has 17 heteroatoms. The van der Waals surface area contributed by atoms with E-state index in [1.54, 1.807) is 0 Å². The maximum absolute atomic E-state index is 13.8. The number of likely N-dealkylation sites (tertiary alicyclic amines) is 1. The van der Waals surface area contributed by atoms with E-state index in [2.05, 4.69) is 25.8 Å². The van der Waals surface area contributed by atoms with Crippen LogP contribution in [0, 0.1) is 5.92 Å². The van der Waals surface area contributed by atoms with Crippen molar-refractivity contribution in [3.8, 4) is 5.75 Å². The van der Waals surface area contributed by atoms with Crippen molar-refractivity contribution >= 4 is 43.3 Å². The number of amides is 6. The third kappa shape index (κ3) is 12.5. The van der Waals surface area contributed by atoms with Crippen molar-refractivity contribution in [2.75, 3.05) is 13.6 Å². The third-order valence-corrected chi connectivity index (χ3v) is 7.45. The van der Waals surface area contributed by atoms with Crippen molar-refractivity contribution in [2.24, 2.45) is 11.7 Å². The normalized spacial score (nSPS) is 16.7. The van der Waals surface area contributed by atoms with Crippen LogP contribution in [-0.4, -0.2) is 87.9 Å². The predicted octanol–water partition coefficient (Wildman–Crippen LogP) is -0.776. The van der Waals surface area contributed by atoms with Crippen LogP contribution in [0.5, 0.6) is 5.75 Å². The summed E-state index contributed by atoms with van der Waals surface area (Å²) < 4.78 is 15.6. The quantitative estimate of drug-likeness (QED) is 0.110. The summed E-state index contributed by atoms with van der Waals surface area (Å²) in [5.41, 5.74) is 5.74. The number of hydrogen-bond donors (Lipinski definition) is 7. The van der Waals surface area contributed by atoms with E-state index in [0.29, 0.717) is 18.4 Å². The van der Waals surface area contributed by atoms with E-state index in [0.717, 1.165) is 0 Å². The van der Waals surface area contributed by atoms with E-state index < -0.39 is 67.4 Å².